The van der Waals surface area contributed by atoms with Gasteiger partial charge in [0.2, 0.25) is 5.16 Å². The first-order valence-electron chi connectivity index (χ1n) is 5.55. The van der Waals surface area contributed by atoms with Crippen LogP contribution in [0.15, 0.2) is 40.7 Å². The summed E-state index contributed by atoms with van der Waals surface area (Å²) in [6.07, 6.45) is 0.157. The van der Waals surface area contributed by atoms with E-state index >= 15 is 0 Å². The third-order valence-electron chi connectivity index (χ3n) is 1.83. The van der Waals surface area contributed by atoms with E-state index in [4.69, 9.17) is 0 Å². The molecule has 110 valence electrons. The highest BCUT2D eigenvalue weighted by Gasteiger charge is 2.02. The lowest BCUT2D eigenvalue weighted by atomic mass is 10.5. The van der Waals surface area contributed by atoms with Crippen LogP contribution in [-0.4, -0.2) is 26.7 Å². The molecule has 0 radical (unpaired) electrons. The van der Waals surface area contributed by atoms with E-state index in [1.807, 2.05) is 0 Å². The Morgan fingerprint density at radius 2 is 1.60 bits per heavy atom. The predicted octanol–water partition coefficient (Wildman–Crippen LogP) is 4.40. The average molecular weight is 325 g/mol. The van der Waals surface area contributed by atoms with Gasteiger partial charge < -0.3 is 0 Å². The number of hydrogen-bond acceptors (Lipinski definition) is 5. The number of nitrogens with zero attached hydrogens (tertiary/aromatic N) is 3. The summed E-state index contributed by atoms with van der Waals surface area (Å²) in [7, 11) is 0. The fourth-order valence-corrected chi connectivity index (χ4v) is 2.51. The normalized spacial score (nSPS) is 10.2. The fourth-order valence-electron chi connectivity index (χ4n) is 1.05. The van der Waals surface area contributed by atoms with E-state index in [2.05, 4.69) is 15.2 Å². The van der Waals surface area contributed by atoms with Crippen LogP contribution in [0.5, 0.6) is 0 Å². The molecule has 20 heavy (non-hydrogen) atoms. The maximum atomic E-state index is 11.8. The van der Waals surface area contributed by atoms with Crippen LogP contribution in [0, 0.1) is 0 Å². The minimum absolute atomic E-state index is 0.217. The van der Waals surface area contributed by atoms with Gasteiger partial charge in [-0.3, -0.25) is 0 Å². The highest BCUT2D eigenvalue weighted by atomic mass is 32.2. The molecular formula is C11H11F4N3S2. The zero-order valence-corrected chi connectivity index (χ0v) is 11.9. The molecule has 0 fully saturated rings. The van der Waals surface area contributed by atoms with Crippen molar-refractivity contribution in [2.75, 3.05) is 11.5 Å². The van der Waals surface area contributed by atoms with Crippen molar-refractivity contribution in [1.82, 2.24) is 15.2 Å². The van der Waals surface area contributed by atoms with E-state index in [0.29, 0.717) is 21.7 Å². The monoisotopic (exact) mass is 325 g/mol. The zero-order valence-electron chi connectivity index (χ0n) is 10.2. The predicted molar refractivity (Wildman–Crippen MR) is 71.1 cm³/mol. The van der Waals surface area contributed by atoms with Crippen LogP contribution in [0.3, 0.4) is 0 Å². The van der Waals surface area contributed by atoms with Gasteiger partial charge in [0.15, 0.2) is 0 Å². The van der Waals surface area contributed by atoms with Crippen molar-refractivity contribution in [2.45, 2.75) is 23.0 Å². The van der Waals surface area contributed by atoms with Crippen LogP contribution in [-0.2, 0) is 0 Å². The van der Waals surface area contributed by atoms with Gasteiger partial charge in [0.05, 0.1) is 6.20 Å². The lowest BCUT2D eigenvalue weighted by Gasteiger charge is -2.00. The molecule has 1 aromatic heterocycles. The Kier molecular flexibility index (Phi) is 8.28. The number of halogens is 4. The second-order valence-electron chi connectivity index (χ2n) is 3.34. The summed E-state index contributed by atoms with van der Waals surface area (Å²) in [4.78, 5) is 4.14. The van der Waals surface area contributed by atoms with E-state index < -0.39 is 12.2 Å². The van der Waals surface area contributed by atoms with E-state index in [9.17, 15) is 17.6 Å². The Balaban J connectivity index is 2.37. The Hall–Kier alpha value is -1.09. The molecule has 3 nitrogen and oxygen atoms in total. The molecule has 9 heteroatoms. The van der Waals surface area contributed by atoms with Gasteiger partial charge in [-0.2, -0.15) is 22.7 Å². The molecule has 0 atom stereocenters. The molecule has 0 N–H and O–H groups in total. The van der Waals surface area contributed by atoms with Crippen LogP contribution in [0.25, 0.3) is 0 Å². The quantitative estimate of drug-likeness (QED) is 0.402. The molecule has 0 aliphatic carbocycles. The van der Waals surface area contributed by atoms with Crippen molar-refractivity contribution >= 4 is 23.5 Å². The van der Waals surface area contributed by atoms with Crippen molar-refractivity contribution in [3.8, 4) is 0 Å². The van der Waals surface area contributed by atoms with Crippen molar-refractivity contribution in [3.63, 3.8) is 0 Å². The summed E-state index contributed by atoms with van der Waals surface area (Å²) >= 11 is 2.50. The van der Waals surface area contributed by atoms with Crippen LogP contribution >= 0.6 is 23.5 Å². The molecule has 0 aromatic carbocycles. The molecule has 0 spiro atoms. The summed E-state index contributed by atoms with van der Waals surface area (Å²) in [5.74, 6) is 0.874. The van der Waals surface area contributed by atoms with E-state index in [0.717, 1.165) is 12.2 Å². The summed E-state index contributed by atoms with van der Waals surface area (Å²) in [5, 5.41) is 8.45. The molecule has 0 amide bonds. The second kappa shape index (κ2) is 9.76. The maximum Gasteiger partial charge on any atom is 0.266 e. The molecule has 1 heterocycles. The lowest BCUT2D eigenvalue weighted by molar-refractivity contribution is 0.417. The van der Waals surface area contributed by atoms with Gasteiger partial charge >= 0.3 is 0 Å². The largest absolute Gasteiger partial charge is 0.266 e. The minimum Gasteiger partial charge on any atom is -0.213 e. The van der Waals surface area contributed by atoms with Crippen molar-refractivity contribution in [2.24, 2.45) is 0 Å². The molecule has 0 aliphatic rings. The summed E-state index contributed by atoms with van der Waals surface area (Å²) in [6.45, 7) is 0. The molecular weight excluding hydrogens is 314 g/mol. The number of thioether (sulfide) groups is 2. The Bertz CT molecular complexity index is 435. The van der Waals surface area contributed by atoms with E-state index in [-0.39, 0.29) is 12.8 Å². The standard InChI is InChI=1S/C11H11F4N3S2/c12-8(13)3-1-5-19-10-7-16-18-11(17-10)20-6-2-4-9(14)15/h3-4,7H,1-2,5-6H2. The molecule has 0 aliphatic heterocycles. The first-order valence-corrected chi connectivity index (χ1v) is 7.52. The first-order chi connectivity index (χ1) is 9.58. The van der Waals surface area contributed by atoms with Gasteiger partial charge in [0, 0.05) is 11.5 Å². The first kappa shape index (κ1) is 17.0. The third kappa shape index (κ3) is 8.16. The average Bonchev–Trinajstić information content (AvgIpc) is 2.40. The number of rotatable bonds is 8. The van der Waals surface area contributed by atoms with Crippen LogP contribution in [0.4, 0.5) is 17.6 Å². The number of allylic oxidation sites excluding steroid dienone is 2. The highest BCUT2D eigenvalue weighted by molar-refractivity contribution is 7.99. The second-order valence-corrected chi connectivity index (χ2v) is 5.52. The van der Waals surface area contributed by atoms with Gasteiger partial charge in [0.25, 0.3) is 12.2 Å². The summed E-state index contributed by atoms with van der Waals surface area (Å²) in [6, 6.07) is 0. The van der Waals surface area contributed by atoms with Crippen LogP contribution in [0.2, 0.25) is 0 Å². The SMILES string of the molecule is FC(F)=CCCSc1cnnc(SCCC=C(F)F)n1. The Morgan fingerprint density at radius 3 is 2.20 bits per heavy atom. The molecule has 0 bridgehead atoms. The molecule has 0 saturated heterocycles. The van der Waals surface area contributed by atoms with Gasteiger partial charge in [-0.1, -0.05) is 11.8 Å². The van der Waals surface area contributed by atoms with Crippen molar-refractivity contribution < 1.29 is 17.6 Å². The van der Waals surface area contributed by atoms with Gasteiger partial charge in [-0.25, -0.2) is 4.98 Å². The molecule has 1 rings (SSSR count). The van der Waals surface area contributed by atoms with Crippen molar-refractivity contribution in [3.05, 3.63) is 30.5 Å². The Morgan fingerprint density at radius 1 is 1.00 bits per heavy atom. The topological polar surface area (TPSA) is 38.7 Å². The highest BCUT2D eigenvalue weighted by Crippen LogP contribution is 2.20. The zero-order chi connectivity index (χ0) is 14.8. The summed E-state index contributed by atoms with van der Waals surface area (Å²) in [5.41, 5.74) is 0. The fraction of sp³-hybridized carbons (Fsp3) is 0.364. The Labute approximate surface area is 122 Å². The number of aromatic nitrogens is 3. The molecule has 1 aromatic rings. The smallest absolute Gasteiger partial charge is 0.213 e. The van der Waals surface area contributed by atoms with Gasteiger partial charge in [0.1, 0.15) is 5.03 Å². The van der Waals surface area contributed by atoms with E-state index in [1.165, 1.54) is 29.7 Å². The maximum absolute atomic E-state index is 11.8. The van der Waals surface area contributed by atoms with E-state index in [1.54, 1.807) is 0 Å². The minimum atomic E-state index is -1.71. The molecule has 0 unspecified atom stereocenters. The van der Waals surface area contributed by atoms with Crippen LogP contribution < -0.4 is 0 Å². The number of hydrogen-bond donors (Lipinski definition) is 0. The lowest BCUT2D eigenvalue weighted by Crippen LogP contribution is -1.93. The van der Waals surface area contributed by atoms with Crippen molar-refractivity contribution in [1.29, 1.82) is 0 Å². The third-order valence-corrected chi connectivity index (χ3v) is 3.63. The van der Waals surface area contributed by atoms with Gasteiger partial charge in [-0.15, -0.1) is 16.9 Å². The molecule has 0 saturated carbocycles. The van der Waals surface area contributed by atoms with Crippen LogP contribution in [0.1, 0.15) is 12.8 Å². The summed E-state index contributed by atoms with van der Waals surface area (Å²) < 4.78 is 47.2. The van der Waals surface area contributed by atoms with Gasteiger partial charge in [-0.05, 0) is 25.0 Å².